The maximum absolute atomic E-state index is 5.59. The third-order valence-electron chi connectivity index (χ3n) is 3.95. The number of hydrogen-bond donors (Lipinski definition) is 1. The first-order chi connectivity index (χ1) is 11.8. The van der Waals surface area contributed by atoms with Crippen molar-refractivity contribution in [3.63, 3.8) is 0 Å². The quantitative estimate of drug-likeness (QED) is 0.805. The normalized spacial score (nSPS) is 15.2. The first-order valence-corrected chi connectivity index (χ1v) is 8.50. The zero-order valence-electron chi connectivity index (χ0n) is 13.6. The van der Waals surface area contributed by atoms with Gasteiger partial charge in [0.05, 0.1) is 19.5 Å². The van der Waals surface area contributed by atoms with Gasteiger partial charge >= 0.3 is 0 Å². The molecule has 0 unspecified atom stereocenters. The van der Waals surface area contributed by atoms with E-state index in [4.69, 9.17) is 21.4 Å². The number of furan rings is 1. The predicted octanol–water partition coefficient (Wildman–Crippen LogP) is 2.21. The molecule has 0 spiro atoms. The Morgan fingerprint density at radius 1 is 1.25 bits per heavy atom. The van der Waals surface area contributed by atoms with Gasteiger partial charge in [0.1, 0.15) is 0 Å². The average Bonchev–Trinajstić information content (AvgIpc) is 3.13. The van der Waals surface area contributed by atoms with Crippen LogP contribution in [0, 0.1) is 0 Å². The molecule has 1 saturated heterocycles. The lowest BCUT2D eigenvalue weighted by molar-refractivity contribution is 0.0358. The van der Waals surface area contributed by atoms with E-state index in [-0.39, 0.29) is 0 Å². The molecule has 3 heterocycles. The van der Waals surface area contributed by atoms with Crippen LogP contribution in [-0.4, -0.2) is 59.3 Å². The lowest BCUT2D eigenvalue weighted by Gasteiger charge is -2.31. The Morgan fingerprint density at radius 2 is 2.04 bits per heavy atom. The Balaban J connectivity index is 1.61. The minimum absolute atomic E-state index is 0.658. The van der Waals surface area contributed by atoms with Gasteiger partial charge in [-0.1, -0.05) is 0 Å². The molecular weight excluding hydrogens is 324 g/mol. The molecule has 0 saturated carbocycles. The standard InChI is InChI=1S/C17H22N4O2S/c24-17(19-16-2-1-11-23-16)21(14-15-3-5-18-6-4-15)8-7-20-9-12-22-13-10-20/h1-6,11H,7-10,12-14H2,(H,19,24). The minimum Gasteiger partial charge on any atom is -0.449 e. The third kappa shape index (κ3) is 5.02. The second-order valence-electron chi connectivity index (χ2n) is 5.64. The molecule has 3 rings (SSSR count). The van der Waals surface area contributed by atoms with Gasteiger partial charge in [0.25, 0.3) is 0 Å². The van der Waals surface area contributed by atoms with E-state index in [2.05, 4.69) is 20.1 Å². The molecule has 2 aromatic heterocycles. The fourth-order valence-electron chi connectivity index (χ4n) is 2.58. The number of pyridine rings is 1. The topological polar surface area (TPSA) is 53.8 Å². The van der Waals surface area contributed by atoms with E-state index in [9.17, 15) is 0 Å². The number of ether oxygens (including phenoxy) is 1. The van der Waals surface area contributed by atoms with Crippen molar-refractivity contribution in [2.24, 2.45) is 0 Å². The summed E-state index contributed by atoms with van der Waals surface area (Å²) >= 11 is 5.59. The summed E-state index contributed by atoms with van der Waals surface area (Å²) in [5.74, 6) is 0.658. The number of thiocarbonyl (C=S) groups is 1. The van der Waals surface area contributed by atoms with Gasteiger partial charge in [0.2, 0.25) is 0 Å². The number of aromatic nitrogens is 1. The maximum Gasteiger partial charge on any atom is 0.198 e. The van der Waals surface area contributed by atoms with Crippen molar-refractivity contribution < 1.29 is 9.15 Å². The molecule has 6 nitrogen and oxygen atoms in total. The van der Waals surface area contributed by atoms with Gasteiger partial charge in [-0.15, -0.1) is 0 Å². The van der Waals surface area contributed by atoms with Crippen LogP contribution in [0.4, 0.5) is 5.88 Å². The molecule has 0 aromatic carbocycles. The number of hydrogen-bond acceptors (Lipinski definition) is 5. The van der Waals surface area contributed by atoms with E-state index in [0.29, 0.717) is 11.0 Å². The maximum atomic E-state index is 5.59. The molecule has 1 aliphatic rings. The number of anilines is 1. The molecule has 2 aromatic rings. The third-order valence-corrected chi connectivity index (χ3v) is 4.31. The van der Waals surface area contributed by atoms with E-state index >= 15 is 0 Å². The Morgan fingerprint density at radius 3 is 2.75 bits per heavy atom. The second kappa shape index (κ2) is 8.77. The van der Waals surface area contributed by atoms with Crippen molar-refractivity contribution in [1.29, 1.82) is 0 Å². The fourth-order valence-corrected chi connectivity index (χ4v) is 2.84. The van der Waals surface area contributed by atoms with Crippen molar-refractivity contribution in [1.82, 2.24) is 14.8 Å². The smallest absolute Gasteiger partial charge is 0.198 e. The summed E-state index contributed by atoms with van der Waals surface area (Å²) in [6, 6.07) is 7.72. The van der Waals surface area contributed by atoms with Crippen molar-refractivity contribution in [2.45, 2.75) is 6.54 Å². The van der Waals surface area contributed by atoms with Gasteiger partial charge in [-0.05, 0) is 36.0 Å². The Hall–Kier alpha value is -1.96. The van der Waals surface area contributed by atoms with Crippen LogP contribution in [0.5, 0.6) is 0 Å². The molecule has 0 radical (unpaired) electrons. The van der Waals surface area contributed by atoms with Crippen molar-refractivity contribution >= 4 is 23.2 Å². The van der Waals surface area contributed by atoms with Crippen LogP contribution < -0.4 is 5.32 Å². The van der Waals surface area contributed by atoms with Crippen LogP contribution in [-0.2, 0) is 11.3 Å². The average molecular weight is 346 g/mol. The number of nitrogens with zero attached hydrogens (tertiary/aromatic N) is 3. The van der Waals surface area contributed by atoms with E-state index in [1.165, 1.54) is 5.56 Å². The molecular formula is C17H22N4O2S. The molecule has 0 bridgehead atoms. The lowest BCUT2D eigenvalue weighted by atomic mass is 10.2. The Bertz CT molecular complexity index is 615. The zero-order chi connectivity index (χ0) is 16.6. The second-order valence-corrected chi connectivity index (χ2v) is 6.03. The summed E-state index contributed by atoms with van der Waals surface area (Å²) in [4.78, 5) is 8.63. The van der Waals surface area contributed by atoms with Crippen molar-refractivity contribution in [3.8, 4) is 0 Å². The minimum atomic E-state index is 0.658. The van der Waals surface area contributed by atoms with Crippen LogP contribution in [0.25, 0.3) is 0 Å². The van der Waals surface area contributed by atoms with Gasteiger partial charge in [0.15, 0.2) is 11.0 Å². The van der Waals surface area contributed by atoms with E-state index in [1.54, 1.807) is 18.7 Å². The SMILES string of the molecule is S=C(Nc1ccco1)N(CCN1CCOCC1)Cc1ccncc1. The lowest BCUT2D eigenvalue weighted by Crippen LogP contribution is -2.43. The summed E-state index contributed by atoms with van der Waals surface area (Å²) in [5.41, 5.74) is 1.18. The summed E-state index contributed by atoms with van der Waals surface area (Å²) in [7, 11) is 0. The molecule has 7 heteroatoms. The summed E-state index contributed by atoms with van der Waals surface area (Å²) in [6.45, 7) is 6.09. The van der Waals surface area contributed by atoms with Crippen molar-refractivity contribution in [2.75, 3.05) is 44.7 Å². The van der Waals surface area contributed by atoms with Crippen LogP contribution in [0.2, 0.25) is 0 Å². The molecule has 128 valence electrons. The highest BCUT2D eigenvalue weighted by molar-refractivity contribution is 7.80. The van der Waals surface area contributed by atoms with Gasteiger partial charge in [0, 0.05) is 51.2 Å². The predicted molar refractivity (Wildman–Crippen MR) is 96.8 cm³/mol. The van der Waals surface area contributed by atoms with Crippen LogP contribution >= 0.6 is 12.2 Å². The van der Waals surface area contributed by atoms with Gasteiger partial charge < -0.3 is 19.4 Å². The fraction of sp³-hybridized carbons (Fsp3) is 0.412. The summed E-state index contributed by atoms with van der Waals surface area (Å²) in [5, 5.41) is 3.82. The van der Waals surface area contributed by atoms with Crippen LogP contribution in [0.3, 0.4) is 0 Å². The van der Waals surface area contributed by atoms with Gasteiger partial charge in [-0.2, -0.15) is 0 Å². The summed E-state index contributed by atoms with van der Waals surface area (Å²) in [6.07, 6.45) is 5.24. The molecule has 24 heavy (non-hydrogen) atoms. The molecule has 1 fully saturated rings. The first-order valence-electron chi connectivity index (χ1n) is 8.10. The van der Waals surface area contributed by atoms with E-state index in [1.807, 2.05) is 24.3 Å². The zero-order valence-corrected chi connectivity index (χ0v) is 14.4. The molecule has 0 amide bonds. The molecule has 0 aliphatic carbocycles. The van der Waals surface area contributed by atoms with E-state index in [0.717, 1.165) is 45.9 Å². The highest BCUT2D eigenvalue weighted by atomic mass is 32.1. The number of morpholine rings is 1. The molecule has 1 N–H and O–H groups in total. The summed E-state index contributed by atoms with van der Waals surface area (Å²) < 4.78 is 10.7. The van der Waals surface area contributed by atoms with E-state index < -0.39 is 0 Å². The van der Waals surface area contributed by atoms with Gasteiger partial charge in [-0.3, -0.25) is 9.88 Å². The Labute approximate surface area is 147 Å². The molecule has 1 aliphatic heterocycles. The Kier molecular flexibility index (Phi) is 6.17. The highest BCUT2D eigenvalue weighted by Crippen LogP contribution is 2.11. The van der Waals surface area contributed by atoms with Crippen molar-refractivity contribution in [3.05, 3.63) is 48.5 Å². The molecule has 0 atom stereocenters. The van der Waals surface area contributed by atoms with Crippen LogP contribution in [0.1, 0.15) is 5.56 Å². The van der Waals surface area contributed by atoms with Crippen LogP contribution in [0.15, 0.2) is 47.3 Å². The first kappa shape index (κ1) is 16.9. The number of rotatable bonds is 6. The largest absolute Gasteiger partial charge is 0.449 e. The monoisotopic (exact) mass is 346 g/mol. The number of nitrogens with one attached hydrogen (secondary N) is 1. The van der Waals surface area contributed by atoms with Gasteiger partial charge in [-0.25, -0.2) is 0 Å². The highest BCUT2D eigenvalue weighted by Gasteiger charge is 2.15.